The Hall–Kier alpha value is -1.44. The average Bonchev–Trinajstić information content (AvgIpc) is 2.46. The zero-order chi connectivity index (χ0) is 15.2. The summed E-state index contributed by atoms with van der Waals surface area (Å²) in [6.45, 7) is -0.0748. The number of thioether (sulfide) groups is 1. The standard InChI is InChI=1S/C13H11ClF2N2O2S/c14-10-6-11(20-5-4-19)18-13(17-10)21-7-8-2-1-3-9(15)12(8)16/h1-3,6,19H,4-5,7H2. The van der Waals surface area contributed by atoms with E-state index in [1.54, 1.807) is 0 Å². The molecule has 2 rings (SSSR count). The fraction of sp³-hybridized carbons (Fsp3) is 0.231. The van der Waals surface area contributed by atoms with E-state index < -0.39 is 11.6 Å². The van der Waals surface area contributed by atoms with Gasteiger partial charge in [-0.3, -0.25) is 0 Å². The number of benzene rings is 1. The van der Waals surface area contributed by atoms with Crippen LogP contribution in [0, 0.1) is 11.6 Å². The van der Waals surface area contributed by atoms with E-state index in [0.717, 1.165) is 17.8 Å². The zero-order valence-electron chi connectivity index (χ0n) is 10.7. The summed E-state index contributed by atoms with van der Waals surface area (Å²) >= 11 is 6.93. The molecule has 1 aromatic carbocycles. The number of hydrogen-bond donors (Lipinski definition) is 1. The van der Waals surface area contributed by atoms with Crippen molar-refractivity contribution in [3.05, 3.63) is 46.6 Å². The molecular formula is C13H11ClF2N2O2S. The first-order chi connectivity index (χ1) is 10.1. The van der Waals surface area contributed by atoms with Gasteiger partial charge in [-0.2, -0.15) is 4.98 Å². The first kappa shape index (κ1) is 15.9. The number of halogens is 3. The van der Waals surface area contributed by atoms with Crippen molar-refractivity contribution in [1.82, 2.24) is 9.97 Å². The Bertz CT molecular complexity index is 631. The highest BCUT2D eigenvalue weighted by Gasteiger charge is 2.10. The fourth-order valence-corrected chi connectivity index (χ4v) is 2.52. The van der Waals surface area contributed by atoms with Crippen molar-refractivity contribution < 1.29 is 18.6 Å². The first-order valence-corrected chi connectivity index (χ1v) is 7.30. The molecule has 1 aromatic heterocycles. The lowest BCUT2D eigenvalue weighted by molar-refractivity contribution is 0.195. The number of ether oxygens (including phenoxy) is 1. The smallest absolute Gasteiger partial charge is 0.218 e. The highest BCUT2D eigenvalue weighted by Crippen LogP contribution is 2.25. The molecule has 0 aliphatic heterocycles. The summed E-state index contributed by atoms with van der Waals surface area (Å²) in [4.78, 5) is 8.02. The van der Waals surface area contributed by atoms with Crippen LogP contribution in [0.25, 0.3) is 0 Å². The molecule has 0 atom stereocenters. The van der Waals surface area contributed by atoms with Crippen LogP contribution in [-0.4, -0.2) is 28.3 Å². The van der Waals surface area contributed by atoms with E-state index in [2.05, 4.69) is 9.97 Å². The van der Waals surface area contributed by atoms with E-state index in [9.17, 15) is 8.78 Å². The maximum absolute atomic E-state index is 13.5. The second-order valence-electron chi connectivity index (χ2n) is 3.89. The summed E-state index contributed by atoms with van der Waals surface area (Å²) in [5.41, 5.74) is 0.210. The quantitative estimate of drug-likeness (QED) is 0.500. The van der Waals surface area contributed by atoms with Crippen LogP contribution in [0.3, 0.4) is 0 Å². The van der Waals surface area contributed by atoms with E-state index in [0.29, 0.717) is 0 Å². The van der Waals surface area contributed by atoms with Gasteiger partial charge in [0.15, 0.2) is 16.8 Å². The summed E-state index contributed by atoms with van der Waals surface area (Å²) in [5.74, 6) is -1.41. The Morgan fingerprint density at radius 3 is 2.86 bits per heavy atom. The molecule has 0 unspecified atom stereocenters. The van der Waals surface area contributed by atoms with Gasteiger partial charge in [-0.1, -0.05) is 35.5 Å². The third-order valence-corrected chi connectivity index (χ3v) is 3.47. The minimum absolute atomic E-state index is 0.0793. The third-order valence-electron chi connectivity index (χ3n) is 2.38. The largest absolute Gasteiger partial charge is 0.475 e. The van der Waals surface area contributed by atoms with E-state index in [1.165, 1.54) is 18.2 Å². The van der Waals surface area contributed by atoms with Gasteiger partial charge in [0.2, 0.25) is 5.88 Å². The summed E-state index contributed by atoms with van der Waals surface area (Å²) in [6.07, 6.45) is 0. The van der Waals surface area contributed by atoms with Gasteiger partial charge in [0.1, 0.15) is 11.8 Å². The molecule has 0 bridgehead atoms. The van der Waals surface area contributed by atoms with Crippen molar-refractivity contribution in [3.63, 3.8) is 0 Å². The highest BCUT2D eigenvalue weighted by molar-refractivity contribution is 7.98. The minimum Gasteiger partial charge on any atom is -0.475 e. The topological polar surface area (TPSA) is 55.2 Å². The normalized spacial score (nSPS) is 10.7. The van der Waals surface area contributed by atoms with Crippen LogP contribution in [-0.2, 0) is 5.75 Å². The molecule has 21 heavy (non-hydrogen) atoms. The van der Waals surface area contributed by atoms with Crippen LogP contribution in [0.15, 0.2) is 29.4 Å². The van der Waals surface area contributed by atoms with E-state index in [1.807, 2.05) is 0 Å². The Balaban J connectivity index is 2.09. The van der Waals surface area contributed by atoms with Gasteiger partial charge in [-0.15, -0.1) is 0 Å². The van der Waals surface area contributed by atoms with Crippen LogP contribution < -0.4 is 4.74 Å². The molecule has 1 N–H and O–H groups in total. The summed E-state index contributed by atoms with van der Waals surface area (Å²) in [7, 11) is 0. The lowest BCUT2D eigenvalue weighted by atomic mass is 10.2. The van der Waals surface area contributed by atoms with Gasteiger partial charge in [0.25, 0.3) is 0 Å². The molecular weight excluding hydrogens is 322 g/mol. The number of nitrogens with zero attached hydrogens (tertiary/aromatic N) is 2. The lowest BCUT2D eigenvalue weighted by Gasteiger charge is -2.06. The predicted octanol–water partition coefficient (Wildman–Crippen LogP) is 3.07. The molecule has 4 nitrogen and oxygen atoms in total. The van der Waals surface area contributed by atoms with Gasteiger partial charge in [0, 0.05) is 17.4 Å². The molecule has 0 fully saturated rings. The Kier molecular flexibility index (Phi) is 5.72. The number of rotatable bonds is 6. The van der Waals surface area contributed by atoms with Crippen molar-refractivity contribution >= 4 is 23.4 Å². The minimum atomic E-state index is -0.896. The van der Waals surface area contributed by atoms with Crippen molar-refractivity contribution in [3.8, 4) is 5.88 Å². The molecule has 0 spiro atoms. The molecule has 112 valence electrons. The molecule has 0 saturated heterocycles. The highest BCUT2D eigenvalue weighted by atomic mass is 35.5. The molecule has 0 aliphatic rings. The van der Waals surface area contributed by atoms with Crippen LogP contribution in [0.2, 0.25) is 5.15 Å². The van der Waals surface area contributed by atoms with Crippen molar-refractivity contribution in [2.45, 2.75) is 10.9 Å². The Labute approximate surface area is 129 Å². The molecule has 2 aromatic rings. The number of aliphatic hydroxyl groups excluding tert-OH is 1. The van der Waals surface area contributed by atoms with Gasteiger partial charge in [-0.25, -0.2) is 13.8 Å². The van der Waals surface area contributed by atoms with Gasteiger partial charge in [0.05, 0.1) is 6.61 Å². The molecule has 1 heterocycles. The van der Waals surface area contributed by atoms with Crippen molar-refractivity contribution in [1.29, 1.82) is 0 Å². The van der Waals surface area contributed by atoms with Crippen LogP contribution in [0.1, 0.15) is 5.56 Å². The van der Waals surface area contributed by atoms with E-state index in [-0.39, 0.29) is 40.7 Å². The van der Waals surface area contributed by atoms with Crippen LogP contribution >= 0.6 is 23.4 Å². The molecule has 0 aliphatic carbocycles. The van der Waals surface area contributed by atoms with Gasteiger partial charge >= 0.3 is 0 Å². The van der Waals surface area contributed by atoms with Crippen molar-refractivity contribution in [2.24, 2.45) is 0 Å². The van der Waals surface area contributed by atoms with E-state index in [4.69, 9.17) is 21.4 Å². The molecule has 0 saturated carbocycles. The van der Waals surface area contributed by atoms with Crippen LogP contribution in [0.4, 0.5) is 8.78 Å². The van der Waals surface area contributed by atoms with Gasteiger partial charge in [-0.05, 0) is 6.07 Å². The number of aromatic nitrogens is 2. The molecule has 8 heteroatoms. The van der Waals surface area contributed by atoms with Crippen LogP contribution in [0.5, 0.6) is 5.88 Å². The zero-order valence-corrected chi connectivity index (χ0v) is 12.3. The summed E-state index contributed by atoms with van der Waals surface area (Å²) in [5, 5.41) is 9.13. The second kappa shape index (κ2) is 7.53. The summed E-state index contributed by atoms with van der Waals surface area (Å²) < 4.78 is 31.8. The number of hydrogen-bond acceptors (Lipinski definition) is 5. The third kappa shape index (κ3) is 4.52. The Morgan fingerprint density at radius 2 is 2.10 bits per heavy atom. The SMILES string of the molecule is OCCOc1cc(Cl)nc(SCc2cccc(F)c2F)n1. The number of aliphatic hydroxyl groups is 1. The Morgan fingerprint density at radius 1 is 1.29 bits per heavy atom. The summed E-state index contributed by atoms with van der Waals surface area (Å²) in [6, 6.07) is 5.38. The second-order valence-corrected chi connectivity index (χ2v) is 5.21. The molecule has 0 amide bonds. The fourth-order valence-electron chi connectivity index (χ4n) is 1.47. The average molecular weight is 333 g/mol. The maximum Gasteiger partial charge on any atom is 0.218 e. The maximum atomic E-state index is 13.5. The van der Waals surface area contributed by atoms with E-state index >= 15 is 0 Å². The van der Waals surface area contributed by atoms with Crippen molar-refractivity contribution in [2.75, 3.05) is 13.2 Å². The predicted molar refractivity (Wildman–Crippen MR) is 75.5 cm³/mol. The molecule has 0 radical (unpaired) electrons. The van der Waals surface area contributed by atoms with Gasteiger partial charge < -0.3 is 9.84 Å². The first-order valence-electron chi connectivity index (χ1n) is 5.94. The lowest BCUT2D eigenvalue weighted by Crippen LogP contribution is -2.04. The monoisotopic (exact) mass is 332 g/mol.